The van der Waals surface area contributed by atoms with Crippen molar-refractivity contribution < 1.29 is 4.42 Å². The van der Waals surface area contributed by atoms with Gasteiger partial charge >= 0.3 is 0 Å². The maximum atomic E-state index is 5.49. The third-order valence-electron chi connectivity index (χ3n) is 3.04. The van der Waals surface area contributed by atoms with Gasteiger partial charge in [0.15, 0.2) is 5.11 Å². The molecule has 17 heavy (non-hydrogen) atoms. The summed E-state index contributed by atoms with van der Waals surface area (Å²) in [7, 11) is 0. The highest BCUT2D eigenvalue weighted by Crippen LogP contribution is 2.17. The second-order valence-corrected chi connectivity index (χ2v) is 4.79. The van der Waals surface area contributed by atoms with E-state index in [1.807, 2.05) is 6.92 Å². The Labute approximate surface area is 107 Å². The topological polar surface area (TPSA) is 50.1 Å². The highest BCUT2D eigenvalue weighted by atomic mass is 32.1. The fourth-order valence-electron chi connectivity index (χ4n) is 2.06. The van der Waals surface area contributed by atoms with Crippen LogP contribution in [0.15, 0.2) is 10.6 Å². The molecule has 0 unspecified atom stereocenters. The Morgan fingerprint density at radius 3 is 2.94 bits per heavy atom. The molecular weight excluding hydrogens is 234 g/mol. The number of oxazole rings is 1. The predicted molar refractivity (Wildman–Crippen MR) is 70.7 cm³/mol. The van der Waals surface area contributed by atoms with Gasteiger partial charge in [0.1, 0.15) is 5.76 Å². The van der Waals surface area contributed by atoms with Crippen molar-refractivity contribution in [2.45, 2.75) is 51.6 Å². The smallest absolute Gasteiger partial charge is 0.213 e. The minimum atomic E-state index is 0.547. The zero-order chi connectivity index (χ0) is 12.1. The van der Waals surface area contributed by atoms with E-state index in [1.165, 1.54) is 25.7 Å². The van der Waals surface area contributed by atoms with E-state index in [0.29, 0.717) is 23.6 Å². The zero-order valence-electron chi connectivity index (χ0n) is 10.2. The van der Waals surface area contributed by atoms with Gasteiger partial charge in [-0.15, -0.1) is 0 Å². The lowest BCUT2D eigenvalue weighted by atomic mass is 10.3. The lowest BCUT2D eigenvalue weighted by Gasteiger charge is -2.14. The van der Waals surface area contributed by atoms with E-state index in [-0.39, 0.29) is 0 Å². The third kappa shape index (κ3) is 3.70. The van der Waals surface area contributed by atoms with Gasteiger partial charge in [0.25, 0.3) is 0 Å². The quantitative estimate of drug-likeness (QED) is 0.805. The summed E-state index contributed by atoms with van der Waals surface area (Å²) >= 11 is 5.23. The van der Waals surface area contributed by atoms with Crippen molar-refractivity contribution in [2.75, 3.05) is 0 Å². The molecular formula is C12H19N3OS. The van der Waals surface area contributed by atoms with Gasteiger partial charge in [-0.1, -0.05) is 19.8 Å². The van der Waals surface area contributed by atoms with Gasteiger partial charge in [-0.25, -0.2) is 4.98 Å². The first-order chi connectivity index (χ1) is 8.28. The Hall–Kier alpha value is -1.10. The fraction of sp³-hybridized carbons (Fsp3) is 0.667. The number of aryl methyl sites for hydroxylation is 1. The van der Waals surface area contributed by atoms with Crippen LogP contribution in [0.4, 0.5) is 0 Å². The van der Waals surface area contributed by atoms with Crippen molar-refractivity contribution in [3.63, 3.8) is 0 Å². The molecule has 1 aliphatic rings. The maximum Gasteiger partial charge on any atom is 0.213 e. The SMILES string of the molecule is CCc1cnc(CNC(=S)NC2CCCC2)o1. The van der Waals surface area contributed by atoms with Crippen molar-refractivity contribution in [1.29, 1.82) is 0 Å². The molecule has 1 aliphatic carbocycles. The van der Waals surface area contributed by atoms with Crippen LogP contribution in [0.1, 0.15) is 44.3 Å². The Kier molecular flexibility index (Phi) is 4.36. The van der Waals surface area contributed by atoms with Crippen LogP contribution < -0.4 is 10.6 Å². The van der Waals surface area contributed by atoms with Crippen LogP contribution in [-0.2, 0) is 13.0 Å². The average Bonchev–Trinajstić information content (AvgIpc) is 2.96. The number of nitrogens with zero attached hydrogens (tertiary/aromatic N) is 1. The number of hydrogen-bond donors (Lipinski definition) is 2. The first kappa shape index (κ1) is 12.4. The molecule has 94 valence electrons. The standard InChI is InChI=1S/C12H19N3OS/c1-2-10-7-13-11(16-10)8-14-12(17)15-9-5-3-4-6-9/h7,9H,2-6,8H2,1H3,(H2,14,15,17). The molecule has 0 saturated heterocycles. The lowest BCUT2D eigenvalue weighted by molar-refractivity contribution is 0.452. The Balaban J connectivity index is 1.71. The summed E-state index contributed by atoms with van der Waals surface area (Å²) in [4.78, 5) is 4.17. The Morgan fingerprint density at radius 1 is 1.53 bits per heavy atom. The monoisotopic (exact) mass is 253 g/mol. The molecule has 0 spiro atoms. The van der Waals surface area contributed by atoms with Gasteiger partial charge in [-0.2, -0.15) is 0 Å². The molecule has 0 radical (unpaired) electrons. The molecule has 0 atom stereocenters. The normalized spacial score (nSPS) is 16.1. The number of hydrogen-bond acceptors (Lipinski definition) is 3. The van der Waals surface area contributed by atoms with Gasteiger partial charge < -0.3 is 15.1 Å². The van der Waals surface area contributed by atoms with E-state index in [4.69, 9.17) is 16.6 Å². The maximum absolute atomic E-state index is 5.49. The van der Waals surface area contributed by atoms with Gasteiger partial charge in [-0.3, -0.25) is 0 Å². The molecule has 0 amide bonds. The highest BCUT2D eigenvalue weighted by molar-refractivity contribution is 7.80. The number of aromatic nitrogens is 1. The van der Waals surface area contributed by atoms with Crippen LogP contribution in [0.3, 0.4) is 0 Å². The molecule has 0 aromatic carbocycles. The van der Waals surface area contributed by atoms with Crippen molar-refractivity contribution in [1.82, 2.24) is 15.6 Å². The van der Waals surface area contributed by atoms with E-state index in [1.54, 1.807) is 6.20 Å². The number of rotatable bonds is 4. The highest BCUT2D eigenvalue weighted by Gasteiger charge is 2.15. The number of nitrogens with one attached hydrogen (secondary N) is 2. The molecule has 1 fully saturated rings. The van der Waals surface area contributed by atoms with Crippen molar-refractivity contribution in [3.05, 3.63) is 17.8 Å². The Morgan fingerprint density at radius 2 is 2.29 bits per heavy atom. The number of thiocarbonyl (C=S) groups is 1. The van der Waals surface area contributed by atoms with Gasteiger partial charge in [0, 0.05) is 12.5 Å². The van der Waals surface area contributed by atoms with Gasteiger partial charge in [0.05, 0.1) is 12.7 Å². The average molecular weight is 253 g/mol. The van der Waals surface area contributed by atoms with E-state index >= 15 is 0 Å². The zero-order valence-corrected chi connectivity index (χ0v) is 11.0. The second kappa shape index (κ2) is 6.00. The first-order valence-electron chi connectivity index (χ1n) is 6.26. The summed E-state index contributed by atoms with van der Waals surface area (Å²) in [6, 6.07) is 0.547. The molecule has 1 aromatic rings. The minimum Gasteiger partial charge on any atom is -0.444 e. The molecule has 2 rings (SSSR count). The van der Waals surface area contributed by atoms with Crippen LogP contribution in [0.25, 0.3) is 0 Å². The van der Waals surface area contributed by atoms with E-state index < -0.39 is 0 Å². The summed E-state index contributed by atoms with van der Waals surface area (Å²) < 4.78 is 5.49. The van der Waals surface area contributed by atoms with Crippen LogP contribution in [-0.4, -0.2) is 16.1 Å². The summed E-state index contributed by atoms with van der Waals surface area (Å²) in [5, 5.41) is 7.15. The summed E-state index contributed by atoms with van der Waals surface area (Å²) in [6.45, 7) is 2.60. The molecule has 1 heterocycles. The summed E-state index contributed by atoms with van der Waals surface area (Å²) in [5.74, 6) is 1.61. The Bertz CT molecular complexity index is 372. The fourth-order valence-corrected chi connectivity index (χ4v) is 2.29. The van der Waals surface area contributed by atoms with Crippen molar-refractivity contribution in [2.24, 2.45) is 0 Å². The van der Waals surface area contributed by atoms with E-state index in [9.17, 15) is 0 Å². The molecule has 1 saturated carbocycles. The van der Waals surface area contributed by atoms with Gasteiger partial charge in [-0.05, 0) is 25.1 Å². The largest absolute Gasteiger partial charge is 0.444 e. The van der Waals surface area contributed by atoms with Crippen molar-refractivity contribution >= 4 is 17.3 Å². The van der Waals surface area contributed by atoms with E-state index in [2.05, 4.69) is 15.6 Å². The second-order valence-electron chi connectivity index (χ2n) is 4.38. The summed E-state index contributed by atoms with van der Waals surface area (Å²) in [6.07, 6.45) is 7.70. The minimum absolute atomic E-state index is 0.547. The molecule has 5 heteroatoms. The molecule has 1 aromatic heterocycles. The molecule has 0 aliphatic heterocycles. The van der Waals surface area contributed by atoms with Crippen LogP contribution in [0, 0.1) is 0 Å². The summed E-state index contributed by atoms with van der Waals surface area (Å²) in [5.41, 5.74) is 0. The van der Waals surface area contributed by atoms with Gasteiger partial charge in [0.2, 0.25) is 5.89 Å². The molecule has 2 N–H and O–H groups in total. The predicted octanol–water partition coefficient (Wildman–Crippen LogP) is 2.14. The van der Waals surface area contributed by atoms with Crippen molar-refractivity contribution in [3.8, 4) is 0 Å². The first-order valence-corrected chi connectivity index (χ1v) is 6.66. The van der Waals surface area contributed by atoms with Crippen LogP contribution >= 0.6 is 12.2 Å². The third-order valence-corrected chi connectivity index (χ3v) is 3.30. The molecule has 0 bridgehead atoms. The van der Waals surface area contributed by atoms with Crippen LogP contribution in [0.5, 0.6) is 0 Å². The van der Waals surface area contributed by atoms with E-state index in [0.717, 1.165) is 12.2 Å². The lowest BCUT2D eigenvalue weighted by Crippen LogP contribution is -2.40. The van der Waals surface area contributed by atoms with Crippen LogP contribution in [0.2, 0.25) is 0 Å². The molecule has 4 nitrogen and oxygen atoms in total.